The Kier molecular flexibility index (Phi) is 11.6. The first-order chi connectivity index (χ1) is 18.7. The summed E-state index contributed by atoms with van der Waals surface area (Å²) in [5, 5.41) is 9.57. The third kappa shape index (κ3) is 9.90. The number of Topliss-reactive ketones (excluding diaryl/α,β-unsaturated/α-hetero) is 1. The maximum Gasteiger partial charge on any atom is 0.408 e. The second-order valence-electron chi connectivity index (χ2n) is 9.90. The third-order valence-corrected chi connectivity index (χ3v) is 7.17. The van der Waals surface area contributed by atoms with E-state index in [9.17, 15) is 14.4 Å². The van der Waals surface area contributed by atoms with Crippen LogP contribution >= 0.6 is 11.8 Å². The number of hydrogen-bond acceptors (Lipinski definition) is 7. The second kappa shape index (κ2) is 15.1. The van der Waals surface area contributed by atoms with Crippen molar-refractivity contribution in [2.24, 2.45) is 5.92 Å². The van der Waals surface area contributed by atoms with Gasteiger partial charge in [0.25, 0.3) is 0 Å². The Balaban J connectivity index is 1.65. The van der Waals surface area contributed by atoms with E-state index >= 15 is 0 Å². The van der Waals surface area contributed by atoms with E-state index in [1.165, 1.54) is 11.8 Å². The van der Waals surface area contributed by atoms with Crippen molar-refractivity contribution in [2.45, 2.75) is 65.0 Å². The average molecular weight is 552 g/mol. The molecule has 0 saturated carbocycles. The summed E-state index contributed by atoms with van der Waals surface area (Å²) in [6.07, 6.45) is 0.0734. The maximum absolute atomic E-state index is 13.4. The summed E-state index contributed by atoms with van der Waals surface area (Å²) in [6.45, 7) is 7.76. The van der Waals surface area contributed by atoms with Gasteiger partial charge in [0.15, 0.2) is 5.78 Å². The minimum Gasteiger partial charge on any atom is -0.445 e. The smallest absolute Gasteiger partial charge is 0.408 e. The van der Waals surface area contributed by atoms with E-state index in [1.54, 1.807) is 0 Å². The first-order valence-corrected chi connectivity index (χ1v) is 14.2. The van der Waals surface area contributed by atoms with Crippen LogP contribution in [-0.4, -0.2) is 40.8 Å². The zero-order valence-corrected chi connectivity index (χ0v) is 23.8. The van der Waals surface area contributed by atoms with Crippen LogP contribution < -0.4 is 10.6 Å². The number of thioether (sulfide) groups is 1. The van der Waals surface area contributed by atoms with Gasteiger partial charge in [0.2, 0.25) is 5.91 Å². The number of rotatable bonds is 14. The van der Waals surface area contributed by atoms with Crippen LogP contribution in [0.25, 0.3) is 0 Å². The van der Waals surface area contributed by atoms with Gasteiger partial charge in [-0.15, -0.1) is 11.8 Å². The van der Waals surface area contributed by atoms with Crippen LogP contribution in [0.2, 0.25) is 0 Å². The van der Waals surface area contributed by atoms with Crippen molar-refractivity contribution in [2.75, 3.05) is 5.75 Å². The zero-order chi connectivity index (χ0) is 28.2. The van der Waals surface area contributed by atoms with Crippen molar-refractivity contribution < 1.29 is 23.6 Å². The number of ether oxygens (including phenoxy) is 1. The lowest BCUT2D eigenvalue weighted by molar-refractivity contribution is -0.128. The van der Waals surface area contributed by atoms with Gasteiger partial charge < -0.3 is 19.9 Å². The topological polar surface area (TPSA) is 111 Å². The number of carbonyl (C=O) groups is 3. The van der Waals surface area contributed by atoms with Crippen molar-refractivity contribution in [1.82, 2.24) is 15.8 Å². The number of amides is 2. The highest BCUT2D eigenvalue weighted by Gasteiger charge is 2.28. The van der Waals surface area contributed by atoms with Gasteiger partial charge in [-0.2, -0.15) is 0 Å². The fraction of sp³-hybridized carbons (Fsp3) is 0.400. The Morgan fingerprint density at radius 2 is 1.56 bits per heavy atom. The molecule has 2 atom stereocenters. The Morgan fingerprint density at radius 1 is 0.923 bits per heavy atom. The normalized spacial score (nSPS) is 12.5. The minimum atomic E-state index is -0.839. The number of hydrogen-bond donors (Lipinski definition) is 2. The van der Waals surface area contributed by atoms with Crippen molar-refractivity contribution in [3.05, 3.63) is 88.8 Å². The van der Waals surface area contributed by atoms with Gasteiger partial charge >= 0.3 is 6.09 Å². The monoisotopic (exact) mass is 551 g/mol. The first kappa shape index (κ1) is 30.0. The second-order valence-corrected chi connectivity index (χ2v) is 10.9. The van der Waals surface area contributed by atoms with Gasteiger partial charge in [-0.1, -0.05) is 79.7 Å². The van der Waals surface area contributed by atoms with Gasteiger partial charge in [-0.25, -0.2) is 4.79 Å². The molecule has 2 N–H and O–H groups in total. The van der Waals surface area contributed by atoms with E-state index in [1.807, 2.05) is 88.4 Å². The molecular formula is C30H37N3O5S. The molecule has 0 saturated heterocycles. The molecule has 2 amide bonds. The fourth-order valence-corrected chi connectivity index (χ4v) is 5.16. The number of carbonyl (C=O) groups excluding carboxylic acids is 3. The lowest BCUT2D eigenvalue weighted by Gasteiger charge is -2.24. The largest absolute Gasteiger partial charge is 0.445 e. The van der Waals surface area contributed by atoms with E-state index in [0.29, 0.717) is 18.6 Å². The van der Waals surface area contributed by atoms with Crippen molar-refractivity contribution >= 4 is 29.5 Å². The summed E-state index contributed by atoms with van der Waals surface area (Å²) >= 11 is 1.46. The van der Waals surface area contributed by atoms with E-state index in [2.05, 4.69) is 15.8 Å². The Hall–Kier alpha value is -3.59. The van der Waals surface area contributed by atoms with Crippen LogP contribution in [0.4, 0.5) is 4.79 Å². The lowest BCUT2D eigenvalue weighted by Crippen LogP contribution is -2.53. The molecule has 0 spiro atoms. The highest BCUT2D eigenvalue weighted by Crippen LogP contribution is 2.20. The fourth-order valence-electron chi connectivity index (χ4n) is 4.04. The Labute approximate surface area is 234 Å². The number of nitrogens with one attached hydrogen (secondary N) is 2. The summed E-state index contributed by atoms with van der Waals surface area (Å²) in [4.78, 5) is 39.2. The van der Waals surface area contributed by atoms with Gasteiger partial charge in [0.1, 0.15) is 18.4 Å². The van der Waals surface area contributed by atoms with Gasteiger partial charge in [0.05, 0.1) is 17.5 Å². The van der Waals surface area contributed by atoms with Crippen molar-refractivity contribution in [3.8, 4) is 0 Å². The van der Waals surface area contributed by atoms with Crippen molar-refractivity contribution in [3.63, 3.8) is 0 Å². The first-order valence-electron chi connectivity index (χ1n) is 13.1. The molecule has 0 aliphatic carbocycles. The predicted molar refractivity (Wildman–Crippen MR) is 152 cm³/mol. The molecule has 1 aromatic heterocycles. The van der Waals surface area contributed by atoms with Crippen LogP contribution in [0.15, 0.2) is 65.2 Å². The Morgan fingerprint density at radius 3 is 2.15 bits per heavy atom. The number of nitrogens with zero attached hydrogens (tertiary/aromatic N) is 1. The predicted octanol–water partition coefficient (Wildman–Crippen LogP) is 5.16. The highest BCUT2D eigenvalue weighted by molar-refractivity contribution is 7.99. The van der Waals surface area contributed by atoms with Crippen LogP contribution in [0.1, 0.15) is 48.4 Å². The summed E-state index contributed by atoms with van der Waals surface area (Å²) < 4.78 is 10.5. The van der Waals surface area contributed by atoms with Crippen LogP contribution in [0, 0.1) is 19.8 Å². The highest BCUT2D eigenvalue weighted by atomic mass is 32.2. The summed E-state index contributed by atoms with van der Waals surface area (Å²) in [5.74, 6) is 1.16. The zero-order valence-electron chi connectivity index (χ0n) is 22.9. The standard InChI is InChI=1S/C30H37N3O5S/c1-20(2)15-27(32-30(36)37-17-24-13-9-6-10-14-24)29(35)31-26(16-23-11-7-5-8-12-23)28(34)19-39-18-25-21(3)33-38-22(25)4/h5-14,20,26-27H,15-19H2,1-4H3,(H,31,35)(H,32,36)/t26-,27-/m0/s1. The van der Waals surface area contributed by atoms with E-state index in [4.69, 9.17) is 9.26 Å². The molecule has 1 heterocycles. The number of benzene rings is 2. The van der Waals surface area contributed by atoms with Crippen molar-refractivity contribution in [1.29, 1.82) is 0 Å². The van der Waals surface area contributed by atoms with Gasteiger partial charge in [0, 0.05) is 11.3 Å². The average Bonchev–Trinajstić information content (AvgIpc) is 3.24. The minimum absolute atomic E-state index is 0.0974. The number of aromatic nitrogens is 1. The van der Waals surface area contributed by atoms with Gasteiger partial charge in [-0.05, 0) is 43.7 Å². The molecule has 9 heteroatoms. The summed E-state index contributed by atoms with van der Waals surface area (Å²) in [5.41, 5.74) is 3.57. The molecule has 0 bridgehead atoms. The SMILES string of the molecule is Cc1noc(C)c1CSCC(=O)[C@H](Cc1ccccc1)NC(=O)[C@H](CC(C)C)NC(=O)OCc1ccccc1. The molecule has 8 nitrogen and oxygen atoms in total. The molecule has 2 aromatic carbocycles. The molecule has 0 unspecified atom stereocenters. The van der Waals surface area contributed by atoms with Crippen LogP contribution in [-0.2, 0) is 33.1 Å². The van der Waals surface area contributed by atoms with Crippen LogP contribution in [0.3, 0.4) is 0 Å². The molecule has 3 aromatic rings. The van der Waals surface area contributed by atoms with Crippen LogP contribution in [0.5, 0.6) is 0 Å². The van der Waals surface area contributed by atoms with Gasteiger partial charge in [-0.3, -0.25) is 9.59 Å². The quantitative estimate of drug-likeness (QED) is 0.285. The molecule has 208 valence electrons. The summed E-state index contributed by atoms with van der Waals surface area (Å²) in [7, 11) is 0. The Bertz CT molecular complexity index is 1190. The molecule has 0 fully saturated rings. The molecule has 0 radical (unpaired) electrons. The van der Waals surface area contributed by atoms with E-state index < -0.39 is 24.1 Å². The summed E-state index contributed by atoms with van der Waals surface area (Å²) in [6, 6.07) is 17.3. The molecule has 39 heavy (non-hydrogen) atoms. The number of ketones is 1. The van der Waals surface area contributed by atoms with E-state index in [0.717, 1.165) is 28.1 Å². The molecule has 3 rings (SSSR count). The number of alkyl carbamates (subject to hydrolysis) is 1. The van der Waals surface area contributed by atoms with E-state index in [-0.39, 0.29) is 24.1 Å². The number of aryl methyl sites for hydroxylation is 2. The molecular weight excluding hydrogens is 514 g/mol. The third-order valence-electron chi connectivity index (χ3n) is 6.19. The molecule has 0 aliphatic heterocycles. The molecule has 0 aliphatic rings. The lowest BCUT2D eigenvalue weighted by atomic mass is 10.00. The maximum atomic E-state index is 13.4.